The molecule has 5 nitrogen and oxygen atoms in total. The summed E-state index contributed by atoms with van der Waals surface area (Å²) in [5.41, 5.74) is 1.81. The first kappa shape index (κ1) is 18.9. The number of Topliss-reactive ketones (excluding diaryl/α,β-unsaturated/α-hetero) is 2. The Labute approximate surface area is 150 Å². The Morgan fingerprint density at radius 2 is 1.56 bits per heavy atom. The summed E-state index contributed by atoms with van der Waals surface area (Å²) in [4.78, 5) is 34.5. The van der Waals surface area contributed by atoms with Gasteiger partial charge in [0.2, 0.25) is 0 Å². The standard InChI is InChI=1S/C19H19NO4S/c1-13(21)18(14(2)22)19(25-12-15-6-4-3-5-7-15)16-8-10-17(11-9-16)20(23)24/h3-11,18-19H,12H2,1-2H3. The van der Waals surface area contributed by atoms with E-state index in [9.17, 15) is 19.7 Å². The predicted octanol–water partition coefficient (Wildman–Crippen LogP) is 4.36. The van der Waals surface area contributed by atoms with Crippen molar-refractivity contribution < 1.29 is 14.5 Å². The van der Waals surface area contributed by atoms with Gasteiger partial charge in [0.15, 0.2) is 0 Å². The van der Waals surface area contributed by atoms with Crippen LogP contribution in [0, 0.1) is 16.0 Å². The maximum absolute atomic E-state index is 12.0. The maximum Gasteiger partial charge on any atom is 0.269 e. The number of rotatable bonds is 8. The molecule has 0 aromatic heterocycles. The van der Waals surface area contributed by atoms with Crippen molar-refractivity contribution in [2.45, 2.75) is 24.9 Å². The molecule has 0 spiro atoms. The van der Waals surface area contributed by atoms with E-state index in [4.69, 9.17) is 0 Å². The number of hydrogen-bond donors (Lipinski definition) is 0. The van der Waals surface area contributed by atoms with Gasteiger partial charge in [-0.1, -0.05) is 42.5 Å². The first-order valence-electron chi connectivity index (χ1n) is 7.81. The minimum atomic E-state index is -0.768. The van der Waals surface area contributed by atoms with Crippen molar-refractivity contribution in [2.24, 2.45) is 5.92 Å². The normalized spacial score (nSPS) is 12.0. The van der Waals surface area contributed by atoms with Crippen molar-refractivity contribution in [2.75, 3.05) is 0 Å². The number of nitrogens with zero attached hydrogens (tertiary/aromatic N) is 1. The summed E-state index contributed by atoms with van der Waals surface area (Å²) in [5.74, 6) is -0.525. The van der Waals surface area contributed by atoms with Crippen LogP contribution in [0.5, 0.6) is 0 Å². The Morgan fingerprint density at radius 3 is 2.04 bits per heavy atom. The highest BCUT2D eigenvalue weighted by Crippen LogP contribution is 2.39. The maximum atomic E-state index is 12.0. The zero-order chi connectivity index (χ0) is 18.4. The Hall–Kier alpha value is -2.47. The number of ketones is 2. The van der Waals surface area contributed by atoms with Crippen LogP contribution in [-0.4, -0.2) is 16.5 Å². The Balaban J connectivity index is 2.31. The number of non-ortho nitro benzene ring substituents is 1. The number of hydrogen-bond acceptors (Lipinski definition) is 5. The molecule has 1 unspecified atom stereocenters. The number of nitro groups is 1. The molecule has 130 valence electrons. The highest BCUT2D eigenvalue weighted by atomic mass is 32.2. The number of carbonyl (C=O) groups excluding carboxylic acids is 2. The van der Waals surface area contributed by atoms with E-state index in [1.54, 1.807) is 12.1 Å². The minimum absolute atomic E-state index is 0.0160. The third kappa shape index (κ3) is 5.00. The van der Waals surface area contributed by atoms with E-state index in [2.05, 4.69) is 0 Å². The van der Waals surface area contributed by atoms with Gasteiger partial charge in [-0.15, -0.1) is 11.8 Å². The van der Waals surface area contributed by atoms with E-state index in [1.165, 1.54) is 37.7 Å². The molecule has 0 aliphatic carbocycles. The Kier molecular flexibility index (Phi) is 6.47. The van der Waals surface area contributed by atoms with Gasteiger partial charge in [0, 0.05) is 23.1 Å². The van der Waals surface area contributed by atoms with E-state index in [-0.39, 0.29) is 22.5 Å². The molecule has 0 aliphatic rings. The SMILES string of the molecule is CC(=O)C(C(C)=O)C(SCc1ccccc1)c1ccc([N+](=O)[O-])cc1. The van der Waals surface area contributed by atoms with Crippen LogP contribution in [-0.2, 0) is 15.3 Å². The van der Waals surface area contributed by atoms with Crippen molar-refractivity contribution in [3.8, 4) is 0 Å². The second-order valence-electron chi connectivity index (χ2n) is 5.76. The number of nitro benzene ring substituents is 1. The highest BCUT2D eigenvalue weighted by molar-refractivity contribution is 7.98. The van der Waals surface area contributed by atoms with Crippen molar-refractivity contribution >= 4 is 29.0 Å². The molecule has 0 heterocycles. The molecule has 0 fully saturated rings. The topological polar surface area (TPSA) is 77.3 Å². The molecule has 0 saturated carbocycles. The molecular formula is C19H19NO4S. The number of benzene rings is 2. The van der Waals surface area contributed by atoms with E-state index in [0.717, 1.165) is 11.1 Å². The lowest BCUT2D eigenvalue weighted by molar-refractivity contribution is -0.384. The van der Waals surface area contributed by atoms with Gasteiger partial charge in [-0.25, -0.2) is 0 Å². The third-order valence-corrected chi connectivity index (χ3v) is 5.29. The van der Waals surface area contributed by atoms with E-state index >= 15 is 0 Å². The molecule has 2 rings (SSSR count). The van der Waals surface area contributed by atoms with Gasteiger partial charge in [0.1, 0.15) is 11.6 Å². The molecule has 2 aromatic rings. The largest absolute Gasteiger partial charge is 0.299 e. The van der Waals surface area contributed by atoms with Gasteiger partial charge in [-0.2, -0.15) is 0 Å². The monoisotopic (exact) mass is 357 g/mol. The summed E-state index contributed by atoms with van der Waals surface area (Å²) in [6.45, 7) is 2.82. The van der Waals surface area contributed by atoms with Crippen LogP contribution in [0.15, 0.2) is 54.6 Å². The predicted molar refractivity (Wildman–Crippen MR) is 98.4 cm³/mol. The quantitative estimate of drug-likeness (QED) is 0.398. The highest BCUT2D eigenvalue weighted by Gasteiger charge is 2.31. The molecular weight excluding hydrogens is 338 g/mol. The van der Waals surface area contributed by atoms with Gasteiger partial charge < -0.3 is 0 Å². The first-order chi connectivity index (χ1) is 11.9. The second-order valence-corrected chi connectivity index (χ2v) is 6.89. The van der Waals surface area contributed by atoms with Crippen LogP contribution >= 0.6 is 11.8 Å². The molecule has 0 bridgehead atoms. The fourth-order valence-corrected chi connectivity index (χ4v) is 4.13. The van der Waals surface area contributed by atoms with E-state index < -0.39 is 10.8 Å². The zero-order valence-electron chi connectivity index (χ0n) is 14.0. The van der Waals surface area contributed by atoms with Crippen molar-refractivity contribution in [3.05, 3.63) is 75.8 Å². The lowest BCUT2D eigenvalue weighted by atomic mass is 9.92. The van der Waals surface area contributed by atoms with Crippen molar-refractivity contribution in [1.29, 1.82) is 0 Å². The summed E-state index contributed by atoms with van der Waals surface area (Å²) in [6, 6.07) is 15.8. The molecule has 2 aromatic carbocycles. The average molecular weight is 357 g/mol. The van der Waals surface area contributed by atoms with Crippen LogP contribution in [0.3, 0.4) is 0 Å². The lowest BCUT2D eigenvalue weighted by Crippen LogP contribution is -2.25. The van der Waals surface area contributed by atoms with Crippen LogP contribution < -0.4 is 0 Å². The fraction of sp³-hybridized carbons (Fsp3) is 0.263. The molecule has 0 N–H and O–H groups in total. The summed E-state index contributed by atoms with van der Waals surface area (Å²) in [6.07, 6.45) is 0. The van der Waals surface area contributed by atoms with Crippen LogP contribution in [0.4, 0.5) is 5.69 Å². The smallest absolute Gasteiger partial charge is 0.269 e. The average Bonchev–Trinajstić information content (AvgIpc) is 2.58. The van der Waals surface area contributed by atoms with Gasteiger partial charge in [0.25, 0.3) is 5.69 Å². The molecule has 6 heteroatoms. The Morgan fingerprint density at radius 1 is 1.00 bits per heavy atom. The lowest BCUT2D eigenvalue weighted by Gasteiger charge is -2.23. The van der Waals surface area contributed by atoms with Crippen LogP contribution in [0.25, 0.3) is 0 Å². The van der Waals surface area contributed by atoms with Gasteiger partial charge in [-0.3, -0.25) is 19.7 Å². The zero-order valence-corrected chi connectivity index (χ0v) is 14.9. The third-order valence-electron chi connectivity index (χ3n) is 3.88. The fourth-order valence-electron chi connectivity index (χ4n) is 2.64. The molecule has 0 amide bonds. The van der Waals surface area contributed by atoms with Crippen LogP contribution in [0.2, 0.25) is 0 Å². The number of carbonyl (C=O) groups is 2. The minimum Gasteiger partial charge on any atom is -0.299 e. The van der Waals surface area contributed by atoms with Gasteiger partial charge in [-0.05, 0) is 25.0 Å². The van der Waals surface area contributed by atoms with Crippen molar-refractivity contribution in [1.82, 2.24) is 0 Å². The molecule has 0 radical (unpaired) electrons. The number of thioether (sulfide) groups is 1. The van der Waals surface area contributed by atoms with Gasteiger partial charge in [0.05, 0.1) is 10.8 Å². The van der Waals surface area contributed by atoms with Crippen molar-refractivity contribution in [3.63, 3.8) is 0 Å². The molecule has 0 saturated heterocycles. The van der Waals surface area contributed by atoms with Crippen LogP contribution in [0.1, 0.15) is 30.2 Å². The van der Waals surface area contributed by atoms with E-state index in [0.29, 0.717) is 5.75 Å². The Bertz CT molecular complexity index is 745. The summed E-state index contributed by atoms with van der Waals surface area (Å²) in [5, 5.41) is 10.5. The second kappa shape index (κ2) is 8.58. The first-order valence-corrected chi connectivity index (χ1v) is 8.86. The summed E-state index contributed by atoms with van der Waals surface area (Å²) in [7, 11) is 0. The summed E-state index contributed by atoms with van der Waals surface area (Å²) < 4.78 is 0. The summed E-state index contributed by atoms with van der Waals surface area (Å²) >= 11 is 1.50. The molecule has 1 atom stereocenters. The van der Waals surface area contributed by atoms with Gasteiger partial charge >= 0.3 is 0 Å². The molecule has 0 aliphatic heterocycles. The molecule has 25 heavy (non-hydrogen) atoms. The van der Waals surface area contributed by atoms with E-state index in [1.807, 2.05) is 30.3 Å².